The summed E-state index contributed by atoms with van der Waals surface area (Å²) in [5.41, 5.74) is 0.847. The second-order valence-corrected chi connectivity index (χ2v) is 5.88. The average Bonchev–Trinajstić information content (AvgIpc) is 2.38. The number of nitro groups is 1. The number of benzene rings is 1. The third kappa shape index (κ3) is 3.90. The summed E-state index contributed by atoms with van der Waals surface area (Å²) in [7, 11) is 0. The van der Waals surface area contributed by atoms with E-state index in [1.54, 1.807) is 18.2 Å². The molecule has 20 heavy (non-hydrogen) atoms. The maximum Gasteiger partial charge on any atom is 0.276 e. The number of nitro benzene ring substituents is 1. The van der Waals surface area contributed by atoms with Gasteiger partial charge in [-0.05, 0) is 24.3 Å². The predicted molar refractivity (Wildman–Crippen MR) is 81.5 cm³/mol. The van der Waals surface area contributed by atoms with Crippen molar-refractivity contribution in [3.05, 3.63) is 46.0 Å². The molecule has 1 heterocycles. The molecule has 0 unspecified atom stereocenters. The van der Waals surface area contributed by atoms with Crippen LogP contribution in [0.3, 0.4) is 0 Å². The van der Waals surface area contributed by atoms with E-state index in [0.717, 1.165) is 31.5 Å². The monoisotopic (exact) mass is 274 g/mol. The van der Waals surface area contributed by atoms with E-state index in [9.17, 15) is 10.1 Å². The normalized spacial score (nSPS) is 24.1. The first-order valence-electron chi connectivity index (χ1n) is 7.18. The van der Waals surface area contributed by atoms with Crippen LogP contribution in [0, 0.1) is 22.0 Å². The van der Waals surface area contributed by atoms with E-state index in [4.69, 9.17) is 0 Å². The molecule has 1 saturated heterocycles. The Morgan fingerprint density at radius 2 is 1.95 bits per heavy atom. The van der Waals surface area contributed by atoms with Crippen molar-refractivity contribution in [2.75, 3.05) is 19.6 Å². The highest BCUT2D eigenvalue weighted by atomic mass is 16.6. The van der Waals surface area contributed by atoms with Gasteiger partial charge >= 0.3 is 0 Å². The van der Waals surface area contributed by atoms with Gasteiger partial charge in [0, 0.05) is 25.7 Å². The van der Waals surface area contributed by atoms with Crippen molar-refractivity contribution >= 4 is 11.8 Å². The fourth-order valence-corrected chi connectivity index (χ4v) is 3.06. The molecule has 0 bridgehead atoms. The molecule has 2 atom stereocenters. The zero-order valence-electron chi connectivity index (χ0n) is 12.2. The first kappa shape index (κ1) is 14.7. The summed E-state index contributed by atoms with van der Waals surface area (Å²) in [5.74, 6) is 1.47. The minimum atomic E-state index is -0.329. The van der Waals surface area contributed by atoms with Gasteiger partial charge in [0.1, 0.15) is 0 Å². The standard InChI is InChI=1S/C16H22N2O2/c1-13-10-14(2)12-17(11-13)9-5-7-15-6-3-4-8-16(15)18(19)20/h3-8,13-14H,9-12H2,1-2H3/b7-5+/t13-,14+. The van der Waals surface area contributed by atoms with Crippen molar-refractivity contribution < 1.29 is 4.92 Å². The molecule has 4 nitrogen and oxygen atoms in total. The lowest BCUT2D eigenvalue weighted by Crippen LogP contribution is -2.38. The van der Waals surface area contributed by atoms with Crippen molar-refractivity contribution in [2.24, 2.45) is 11.8 Å². The molecule has 2 rings (SSSR count). The van der Waals surface area contributed by atoms with Gasteiger partial charge in [-0.1, -0.05) is 38.1 Å². The van der Waals surface area contributed by atoms with E-state index in [1.165, 1.54) is 6.42 Å². The minimum Gasteiger partial charge on any atom is -0.299 e. The van der Waals surface area contributed by atoms with Crippen molar-refractivity contribution in [1.82, 2.24) is 4.90 Å². The highest BCUT2D eigenvalue weighted by Crippen LogP contribution is 2.22. The van der Waals surface area contributed by atoms with Gasteiger partial charge in [0.15, 0.2) is 0 Å². The van der Waals surface area contributed by atoms with Crippen LogP contribution >= 0.6 is 0 Å². The highest BCUT2D eigenvalue weighted by Gasteiger charge is 2.20. The Morgan fingerprint density at radius 3 is 2.60 bits per heavy atom. The quantitative estimate of drug-likeness (QED) is 0.622. The Morgan fingerprint density at radius 1 is 1.30 bits per heavy atom. The molecule has 1 aliphatic rings. The summed E-state index contributed by atoms with van der Waals surface area (Å²) in [4.78, 5) is 13.0. The molecule has 0 radical (unpaired) electrons. The molecule has 1 aromatic rings. The second kappa shape index (κ2) is 6.66. The largest absolute Gasteiger partial charge is 0.299 e. The predicted octanol–water partition coefficient (Wildman–Crippen LogP) is 3.59. The molecule has 108 valence electrons. The molecule has 0 aliphatic carbocycles. The molecule has 1 aliphatic heterocycles. The molecular weight excluding hydrogens is 252 g/mol. The van der Waals surface area contributed by atoms with E-state index < -0.39 is 0 Å². The SMILES string of the molecule is C[C@@H]1C[C@H](C)CN(C/C=C/c2ccccc2[N+](=O)[O-])C1. The van der Waals surface area contributed by atoms with Crippen LogP contribution in [-0.2, 0) is 0 Å². The third-order valence-electron chi connectivity index (χ3n) is 3.74. The van der Waals surface area contributed by atoms with Gasteiger partial charge < -0.3 is 0 Å². The van der Waals surface area contributed by atoms with Crippen molar-refractivity contribution in [3.8, 4) is 0 Å². The number of hydrogen-bond acceptors (Lipinski definition) is 3. The van der Waals surface area contributed by atoms with Crippen LogP contribution in [0.5, 0.6) is 0 Å². The summed E-state index contributed by atoms with van der Waals surface area (Å²) < 4.78 is 0. The molecule has 4 heteroatoms. The number of likely N-dealkylation sites (tertiary alicyclic amines) is 1. The fraction of sp³-hybridized carbons (Fsp3) is 0.500. The smallest absolute Gasteiger partial charge is 0.276 e. The number of para-hydroxylation sites is 1. The van der Waals surface area contributed by atoms with Gasteiger partial charge in [0.25, 0.3) is 5.69 Å². The van der Waals surface area contributed by atoms with Crippen LogP contribution in [0.1, 0.15) is 25.8 Å². The fourth-order valence-electron chi connectivity index (χ4n) is 3.06. The molecule has 0 spiro atoms. The maximum absolute atomic E-state index is 10.9. The molecule has 0 amide bonds. The number of piperidine rings is 1. The van der Waals surface area contributed by atoms with Gasteiger partial charge in [0.2, 0.25) is 0 Å². The van der Waals surface area contributed by atoms with Gasteiger partial charge in [0.05, 0.1) is 10.5 Å². The lowest BCUT2D eigenvalue weighted by molar-refractivity contribution is -0.385. The van der Waals surface area contributed by atoms with Crippen LogP contribution < -0.4 is 0 Å². The summed E-state index contributed by atoms with van der Waals surface area (Å²) in [5, 5.41) is 10.9. The van der Waals surface area contributed by atoms with Crippen molar-refractivity contribution in [2.45, 2.75) is 20.3 Å². The van der Waals surface area contributed by atoms with E-state index in [-0.39, 0.29) is 10.6 Å². The maximum atomic E-state index is 10.9. The Labute approximate surface area is 120 Å². The van der Waals surface area contributed by atoms with E-state index in [2.05, 4.69) is 18.7 Å². The number of hydrogen-bond donors (Lipinski definition) is 0. The van der Waals surface area contributed by atoms with Crippen LogP contribution in [0.15, 0.2) is 30.3 Å². The van der Waals surface area contributed by atoms with Gasteiger partial charge in [-0.25, -0.2) is 0 Å². The number of rotatable bonds is 4. The van der Waals surface area contributed by atoms with Crippen LogP contribution in [-0.4, -0.2) is 29.5 Å². The third-order valence-corrected chi connectivity index (χ3v) is 3.74. The van der Waals surface area contributed by atoms with Gasteiger partial charge in [-0.2, -0.15) is 0 Å². The Hall–Kier alpha value is -1.68. The Bertz CT molecular complexity index is 489. The van der Waals surface area contributed by atoms with E-state index in [0.29, 0.717) is 5.56 Å². The van der Waals surface area contributed by atoms with Crippen LogP contribution in [0.2, 0.25) is 0 Å². The zero-order chi connectivity index (χ0) is 14.5. The summed E-state index contributed by atoms with van der Waals surface area (Å²) >= 11 is 0. The zero-order valence-corrected chi connectivity index (χ0v) is 12.2. The van der Waals surface area contributed by atoms with Crippen LogP contribution in [0.25, 0.3) is 6.08 Å². The van der Waals surface area contributed by atoms with Crippen molar-refractivity contribution in [1.29, 1.82) is 0 Å². The summed E-state index contributed by atoms with van der Waals surface area (Å²) in [6.45, 7) is 7.67. The molecule has 0 saturated carbocycles. The van der Waals surface area contributed by atoms with E-state index in [1.807, 2.05) is 18.2 Å². The van der Waals surface area contributed by atoms with Gasteiger partial charge in [-0.3, -0.25) is 15.0 Å². The average molecular weight is 274 g/mol. The van der Waals surface area contributed by atoms with E-state index >= 15 is 0 Å². The Kier molecular flexibility index (Phi) is 4.90. The summed E-state index contributed by atoms with van der Waals surface area (Å²) in [6.07, 6.45) is 5.19. The molecule has 1 fully saturated rings. The highest BCUT2D eigenvalue weighted by molar-refractivity contribution is 5.60. The Balaban J connectivity index is 1.98. The first-order valence-corrected chi connectivity index (χ1v) is 7.18. The lowest BCUT2D eigenvalue weighted by atomic mass is 9.92. The molecular formula is C16H22N2O2. The topological polar surface area (TPSA) is 46.4 Å². The minimum absolute atomic E-state index is 0.170. The summed E-state index contributed by atoms with van der Waals surface area (Å²) in [6, 6.07) is 6.86. The van der Waals surface area contributed by atoms with Crippen molar-refractivity contribution in [3.63, 3.8) is 0 Å². The lowest BCUT2D eigenvalue weighted by Gasteiger charge is -2.34. The first-order chi connectivity index (χ1) is 9.56. The molecule has 1 aromatic carbocycles. The van der Waals surface area contributed by atoms with Crippen LogP contribution in [0.4, 0.5) is 5.69 Å². The second-order valence-electron chi connectivity index (χ2n) is 5.88. The molecule has 0 aromatic heterocycles. The number of nitrogens with zero attached hydrogens (tertiary/aromatic N) is 2. The molecule has 0 N–H and O–H groups in total. The van der Waals surface area contributed by atoms with Gasteiger partial charge in [-0.15, -0.1) is 0 Å².